The Balaban J connectivity index is 2.48. The van der Waals surface area contributed by atoms with E-state index in [1.165, 1.54) is 18.5 Å². The Morgan fingerprint density at radius 2 is 1.88 bits per heavy atom. The predicted molar refractivity (Wildman–Crippen MR) is 109 cm³/mol. The lowest BCUT2D eigenvalue weighted by molar-refractivity contribution is -0.149. The summed E-state index contributed by atoms with van der Waals surface area (Å²) >= 11 is 9.83. The third kappa shape index (κ3) is 4.00. The molecule has 2 aromatic rings. The van der Waals surface area contributed by atoms with Gasteiger partial charge in [-0.25, -0.2) is 0 Å². The monoisotopic (exact) mass is 393 g/mol. The van der Waals surface area contributed by atoms with Crippen LogP contribution in [0.3, 0.4) is 0 Å². The number of ether oxygens (including phenoxy) is 2. The molecule has 9 heteroatoms. The summed E-state index contributed by atoms with van der Waals surface area (Å²) in [5, 5.41) is 1.58. The van der Waals surface area contributed by atoms with E-state index in [4.69, 9.17) is 28.4 Å². The van der Waals surface area contributed by atoms with Crippen LogP contribution in [0.1, 0.15) is 6.42 Å². The van der Waals surface area contributed by atoms with E-state index in [0.29, 0.717) is 17.1 Å². The summed E-state index contributed by atoms with van der Waals surface area (Å²) in [7, 11) is 2.44. The van der Waals surface area contributed by atoms with Gasteiger partial charge in [-0.15, -0.1) is 0 Å². The van der Waals surface area contributed by atoms with Gasteiger partial charge in [-0.05, 0) is 23.6 Å². The summed E-state index contributed by atoms with van der Waals surface area (Å²) in [5.41, 5.74) is 13.4. The first-order valence-corrected chi connectivity index (χ1v) is 8.36. The van der Waals surface area contributed by atoms with Gasteiger partial charge in [0.2, 0.25) is 0 Å². The number of esters is 2. The lowest BCUT2D eigenvalue weighted by atomic mass is 10.0. The first kappa shape index (κ1) is 19.8. The molecule has 1 atom stereocenters. The van der Waals surface area contributed by atoms with E-state index in [9.17, 15) is 9.59 Å². The number of carbonyl (C=O) groups excluding carboxylic acids is 2. The van der Waals surface area contributed by atoms with Crippen molar-refractivity contribution in [3.8, 4) is 0 Å². The summed E-state index contributed by atoms with van der Waals surface area (Å²) in [5.74, 6) is -2.30. The normalized spacial score (nSPS) is 11.7. The first-order chi connectivity index (χ1) is 12.3. The number of fused-ring (bicyclic) bond motifs is 1. The largest absolute Gasteiger partial charge is 0.469 e. The SMILES string of the molecule is COC(=O)CC(C(=O)OC)C(=S)N(S)c1c(N)ccc2cc(N)ccc12. The van der Waals surface area contributed by atoms with Gasteiger partial charge < -0.3 is 20.9 Å². The Morgan fingerprint density at radius 1 is 1.19 bits per heavy atom. The lowest BCUT2D eigenvalue weighted by Gasteiger charge is -2.26. The van der Waals surface area contributed by atoms with Crippen molar-refractivity contribution in [1.29, 1.82) is 0 Å². The molecule has 0 saturated carbocycles. The van der Waals surface area contributed by atoms with E-state index in [1.54, 1.807) is 24.3 Å². The minimum absolute atomic E-state index is 0.0709. The van der Waals surface area contributed by atoms with Crippen LogP contribution in [0.4, 0.5) is 17.1 Å². The summed E-state index contributed by atoms with van der Waals surface area (Å²) in [6.07, 6.45) is -0.267. The van der Waals surface area contributed by atoms with Gasteiger partial charge in [-0.3, -0.25) is 13.9 Å². The van der Waals surface area contributed by atoms with Crippen molar-refractivity contribution in [3.63, 3.8) is 0 Å². The molecule has 26 heavy (non-hydrogen) atoms. The highest BCUT2D eigenvalue weighted by molar-refractivity contribution is 7.87. The van der Waals surface area contributed by atoms with Crippen molar-refractivity contribution in [1.82, 2.24) is 0 Å². The molecule has 0 radical (unpaired) electrons. The maximum Gasteiger partial charge on any atom is 0.316 e. The molecule has 0 heterocycles. The molecule has 0 saturated heterocycles. The number of benzene rings is 2. The zero-order valence-electron chi connectivity index (χ0n) is 14.3. The Morgan fingerprint density at radius 3 is 2.50 bits per heavy atom. The second-order valence-electron chi connectivity index (χ2n) is 5.49. The van der Waals surface area contributed by atoms with Crippen molar-refractivity contribution in [2.75, 3.05) is 30.0 Å². The van der Waals surface area contributed by atoms with Crippen LogP contribution in [0.2, 0.25) is 0 Å². The maximum atomic E-state index is 12.1. The van der Waals surface area contributed by atoms with E-state index < -0.39 is 17.9 Å². The van der Waals surface area contributed by atoms with Crippen molar-refractivity contribution in [3.05, 3.63) is 30.3 Å². The second-order valence-corrected chi connectivity index (χ2v) is 6.31. The van der Waals surface area contributed by atoms with Crippen LogP contribution >= 0.6 is 25.0 Å². The van der Waals surface area contributed by atoms with Gasteiger partial charge in [0.15, 0.2) is 0 Å². The highest BCUT2D eigenvalue weighted by Crippen LogP contribution is 2.36. The van der Waals surface area contributed by atoms with Crippen molar-refractivity contribution in [2.24, 2.45) is 5.92 Å². The number of methoxy groups -OCH3 is 2. The van der Waals surface area contributed by atoms with Gasteiger partial charge in [0.05, 0.1) is 32.0 Å². The summed E-state index contributed by atoms with van der Waals surface area (Å²) in [6.45, 7) is 0. The van der Waals surface area contributed by atoms with Gasteiger partial charge in [0.25, 0.3) is 0 Å². The van der Waals surface area contributed by atoms with Crippen LogP contribution in [0, 0.1) is 5.92 Å². The van der Waals surface area contributed by atoms with E-state index in [0.717, 1.165) is 10.8 Å². The van der Waals surface area contributed by atoms with Gasteiger partial charge in [-0.2, -0.15) is 0 Å². The highest BCUT2D eigenvalue weighted by Gasteiger charge is 2.31. The number of nitrogen functional groups attached to an aromatic ring is 2. The molecule has 0 aliphatic heterocycles. The number of thiol groups is 1. The fraction of sp³-hybridized carbons (Fsp3) is 0.235. The molecule has 2 rings (SSSR count). The molecule has 4 N–H and O–H groups in total. The van der Waals surface area contributed by atoms with Crippen LogP contribution in [0.25, 0.3) is 10.8 Å². The third-order valence-electron chi connectivity index (χ3n) is 3.85. The van der Waals surface area contributed by atoms with Crippen LogP contribution in [0.5, 0.6) is 0 Å². The standard InChI is InChI=1S/C17H19N3O4S2/c1-23-14(21)8-12(17(22)24-2)16(25)20(26)15-11-5-4-10(18)7-9(11)3-6-13(15)19/h3-7,12,26H,8,18-19H2,1-2H3. The Hall–Kier alpha value is -2.52. The number of rotatable bonds is 5. The predicted octanol–water partition coefficient (Wildman–Crippen LogP) is 2.34. The van der Waals surface area contributed by atoms with Crippen LogP contribution in [-0.4, -0.2) is 31.1 Å². The molecule has 0 aliphatic carbocycles. The number of nitrogens with zero attached hydrogens (tertiary/aromatic N) is 1. The smallest absolute Gasteiger partial charge is 0.316 e. The molecule has 0 bridgehead atoms. The van der Waals surface area contributed by atoms with Crippen LogP contribution < -0.4 is 15.8 Å². The van der Waals surface area contributed by atoms with Crippen molar-refractivity contribution < 1.29 is 19.1 Å². The van der Waals surface area contributed by atoms with E-state index in [2.05, 4.69) is 17.6 Å². The molecule has 138 valence electrons. The quantitative estimate of drug-likeness (QED) is 0.307. The van der Waals surface area contributed by atoms with Crippen LogP contribution in [-0.2, 0) is 19.1 Å². The number of carbonyl (C=O) groups is 2. The molecule has 0 amide bonds. The van der Waals surface area contributed by atoms with E-state index >= 15 is 0 Å². The lowest BCUT2D eigenvalue weighted by Crippen LogP contribution is -2.35. The second kappa shape index (κ2) is 8.24. The van der Waals surface area contributed by atoms with Gasteiger partial charge in [0.1, 0.15) is 10.9 Å². The fourth-order valence-corrected chi connectivity index (χ4v) is 3.14. The third-order valence-corrected chi connectivity index (χ3v) is 4.87. The molecule has 7 nitrogen and oxygen atoms in total. The number of thiocarbonyl (C=S) groups is 1. The minimum atomic E-state index is -1.04. The van der Waals surface area contributed by atoms with E-state index in [-0.39, 0.29) is 11.4 Å². The molecular weight excluding hydrogens is 374 g/mol. The molecular formula is C17H19N3O4S2. The summed E-state index contributed by atoms with van der Waals surface area (Å²) < 4.78 is 10.7. The zero-order valence-corrected chi connectivity index (χ0v) is 16.0. The van der Waals surface area contributed by atoms with Gasteiger partial charge >= 0.3 is 11.9 Å². The topological polar surface area (TPSA) is 108 Å². The van der Waals surface area contributed by atoms with Gasteiger partial charge in [0, 0.05) is 11.1 Å². The minimum Gasteiger partial charge on any atom is -0.469 e. The molecule has 0 aromatic heterocycles. The molecule has 2 aromatic carbocycles. The van der Waals surface area contributed by atoms with Gasteiger partial charge in [-0.1, -0.05) is 37.2 Å². The Labute approximate surface area is 161 Å². The fourth-order valence-electron chi connectivity index (χ4n) is 2.51. The zero-order chi connectivity index (χ0) is 19.4. The molecule has 0 spiro atoms. The summed E-state index contributed by atoms with van der Waals surface area (Å²) in [4.78, 5) is 23.8. The molecule has 0 fully saturated rings. The number of hydrogen-bond acceptors (Lipinski definition) is 8. The average molecular weight is 393 g/mol. The van der Waals surface area contributed by atoms with Crippen molar-refractivity contribution in [2.45, 2.75) is 6.42 Å². The first-order valence-electron chi connectivity index (χ1n) is 7.55. The van der Waals surface area contributed by atoms with Crippen molar-refractivity contribution >= 4 is 69.8 Å². The Kier molecular flexibility index (Phi) is 6.27. The summed E-state index contributed by atoms with van der Waals surface area (Å²) in [6, 6.07) is 8.81. The van der Waals surface area contributed by atoms with E-state index in [1.807, 2.05) is 6.07 Å². The Bertz CT molecular complexity index is 872. The van der Waals surface area contributed by atoms with Crippen LogP contribution in [0.15, 0.2) is 30.3 Å². The number of nitrogens with two attached hydrogens (primary N) is 2. The maximum absolute atomic E-state index is 12.1. The number of anilines is 3. The number of hydrogen-bond donors (Lipinski definition) is 3. The molecule has 0 aliphatic rings. The average Bonchev–Trinajstić information content (AvgIpc) is 2.64. The highest BCUT2D eigenvalue weighted by atomic mass is 32.1. The molecule has 1 unspecified atom stereocenters.